The highest BCUT2D eigenvalue weighted by atomic mass is 32.2. The summed E-state index contributed by atoms with van der Waals surface area (Å²) in [4.78, 5) is 0. The summed E-state index contributed by atoms with van der Waals surface area (Å²) >= 11 is 1.69. The van der Waals surface area contributed by atoms with Crippen molar-refractivity contribution >= 4 is 11.8 Å². The molecule has 2 saturated carbocycles. The van der Waals surface area contributed by atoms with E-state index in [0.717, 1.165) is 10.9 Å². The van der Waals surface area contributed by atoms with Gasteiger partial charge in [-0.2, -0.15) is 0 Å². The highest BCUT2D eigenvalue weighted by Crippen LogP contribution is 2.43. The van der Waals surface area contributed by atoms with Gasteiger partial charge in [-0.25, -0.2) is 0 Å². The molecule has 100 valence electrons. The van der Waals surface area contributed by atoms with Gasteiger partial charge in [-0.1, -0.05) is 11.8 Å². The van der Waals surface area contributed by atoms with Crippen molar-refractivity contribution in [3.05, 3.63) is 6.33 Å². The van der Waals surface area contributed by atoms with Crippen molar-refractivity contribution in [2.45, 2.75) is 42.4 Å². The number of nitrogens with zero attached hydrogens (tertiary/aromatic N) is 3. The van der Waals surface area contributed by atoms with Gasteiger partial charge in [0.1, 0.15) is 6.33 Å². The van der Waals surface area contributed by atoms with Crippen LogP contribution in [0.3, 0.4) is 0 Å². The maximum Gasteiger partial charge on any atom is 0.190 e. The Bertz CT molecular complexity index is 416. The molecule has 0 amide bonds. The van der Waals surface area contributed by atoms with Gasteiger partial charge in [0.05, 0.1) is 12.1 Å². The third-order valence-electron chi connectivity index (χ3n) is 3.84. The topological polar surface area (TPSA) is 63.0 Å². The molecule has 0 bridgehead atoms. The quantitative estimate of drug-likeness (QED) is 0.716. The van der Waals surface area contributed by atoms with Crippen molar-refractivity contribution in [1.82, 2.24) is 20.1 Å². The molecule has 5 nitrogen and oxygen atoms in total. The molecule has 1 aromatic rings. The average Bonchev–Trinajstić information content (AvgIpc) is 3.26. The lowest BCUT2D eigenvalue weighted by Gasteiger charge is -2.33. The van der Waals surface area contributed by atoms with E-state index in [1.165, 1.54) is 25.7 Å². The zero-order valence-corrected chi connectivity index (χ0v) is 11.5. The molecular weight excluding hydrogens is 248 g/mol. The molecule has 0 aliphatic heterocycles. The van der Waals surface area contributed by atoms with Gasteiger partial charge in [0.2, 0.25) is 0 Å². The molecule has 0 saturated heterocycles. The zero-order valence-electron chi connectivity index (χ0n) is 10.7. The van der Waals surface area contributed by atoms with E-state index >= 15 is 0 Å². The summed E-state index contributed by atoms with van der Waals surface area (Å²) in [6.07, 6.45) is 6.69. The second kappa shape index (κ2) is 4.83. The minimum atomic E-state index is -0.113. The van der Waals surface area contributed by atoms with E-state index in [-0.39, 0.29) is 12.1 Å². The molecule has 1 heterocycles. The zero-order chi connectivity index (χ0) is 12.6. The molecule has 6 heteroatoms. The van der Waals surface area contributed by atoms with Crippen LogP contribution >= 0.6 is 11.8 Å². The molecule has 2 aliphatic carbocycles. The maximum absolute atomic E-state index is 9.84. The van der Waals surface area contributed by atoms with Gasteiger partial charge in [-0.05, 0) is 31.6 Å². The van der Waals surface area contributed by atoms with E-state index in [1.54, 1.807) is 18.1 Å². The van der Waals surface area contributed by atoms with E-state index in [4.69, 9.17) is 0 Å². The highest BCUT2D eigenvalue weighted by molar-refractivity contribution is 7.99. The molecule has 1 atom stereocenters. The lowest BCUT2D eigenvalue weighted by atomic mass is 9.96. The van der Waals surface area contributed by atoms with Crippen LogP contribution in [0.15, 0.2) is 11.5 Å². The predicted octanol–water partition coefficient (Wildman–Crippen LogP) is 0.800. The molecule has 1 unspecified atom stereocenters. The van der Waals surface area contributed by atoms with Crippen molar-refractivity contribution in [3.8, 4) is 0 Å². The summed E-state index contributed by atoms with van der Waals surface area (Å²) in [5.41, 5.74) is -0.113. The van der Waals surface area contributed by atoms with Gasteiger partial charge in [-0.3, -0.25) is 0 Å². The number of aromatic nitrogens is 3. The van der Waals surface area contributed by atoms with Crippen LogP contribution in [0.1, 0.15) is 25.7 Å². The Morgan fingerprint density at radius 3 is 2.78 bits per heavy atom. The number of hydrogen-bond donors (Lipinski definition) is 2. The normalized spacial score (nSPS) is 23.0. The Labute approximate surface area is 111 Å². The number of aryl methyl sites for hydroxylation is 1. The molecule has 1 aromatic heterocycles. The average molecular weight is 268 g/mol. The van der Waals surface area contributed by atoms with E-state index < -0.39 is 0 Å². The number of nitrogens with one attached hydrogen (secondary N) is 1. The third-order valence-corrected chi connectivity index (χ3v) is 5.13. The standard InChI is InChI=1S/C12H20N4OS/c1-16-8-13-15-11(16)18-7-12(6-17,9-2-3-9)14-10-4-5-10/h8-10,14,17H,2-7H2,1H3. The Morgan fingerprint density at radius 2 is 2.28 bits per heavy atom. The maximum atomic E-state index is 9.84. The summed E-state index contributed by atoms with van der Waals surface area (Å²) in [5.74, 6) is 1.50. The van der Waals surface area contributed by atoms with Gasteiger partial charge < -0.3 is 15.0 Å². The predicted molar refractivity (Wildman–Crippen MR) is 70.4 cm³/mol. The van der Waals surface area contributed by atoms with Crippen LogP contribution in [0, 0.1) is 5.92 Å². The number of hydrogen-bond acceptors (Lipinski definition) is 5. The molecule has 2 aliphatic rings. The third kappa shape index (κ3) is 2.55. The van der Waals surface area contributed by atoms with Crippen LogP contribution in [0.5, 0.6) is 0 Å². The van der Waals surface area contributed by atoms with E-state index in [1.807, 2.05) is 11.6 Å². The molecule has 0 aromatic carbocycles. The van der Waals surface area contributed by atoms with Crippen molar-refractivity contribution in [2.24, 2.45) is 13.0 Å². The molecule has 0 spiro atoms. The van der Waals surface area contributed by atoms with Crippen LogP contribution < -0.4 is 5.32 Å². The second-order valence-corrected chi connectivity index (χ2v) is 6.46. The minimum Gasteiger partial charge on any atom is -0.394 e. The Hall–Kier alpha value is -0.590. The first-order valence-electron chi connectivity index (χ1n) is 6.59. The van der Waals surface area contributed by atoms with Crippen LogP contribution in [-0.4, -0.2) is 43.8 Å². The fourth-order valence-corrected chi connectivity index (χ4v) is 3.52. The van der Waals surface area contributed by atoms with Crippen LogP contribution in [0.25, 0.3) is 0 Å². The molecule has 2 N–H and O–H groups in total. The number of rotatable bonds is 7. The molecule has 0 radical (unpaired) electrons. The van der Waals surface area contributed by atoms with Gasteiger partial charge in [0.25, 0.3) is 0 Å². The first-order chi connectivity index (χ1) is 8.73. The number of aliphatic hydroxyl groups is 1. The van der Waals surface area contributed by atoms with Crippen LogP contribution in [0.2, 0.25) is 0 Å². The largest absolute Gasteiger partial charge is 0.394 e. The number of aliphatic hydroxyl groups excluding tert-OH is 1. The SMILES string of the molecule is Cn1cnnc1SCC(CO)(NC1CC1)C1CC1. The van der Waals surface area contributed by atoms with E-state index in [9.17, 15) is 5.11 Å². The summed E-state index contributed by atoms with van der Waals surface area (Å²) in [6.45, 7) is 0.221. The highest BCUT2D eigenvalue weighted by Gasteiger charge is 2.47. The summed E-state index contributed by atoms with van der Waals surface area (Å²) in [7, 11) is 1.95. The lowest BCUT2D eigenvalue weighted by Crippen LogP contribution is -2.53. The summed E-state index contributed by atoms with van der Waals surface area (Å²) in [6, 6.07) is 0.623. The smallest absolute Gasteiger partial charge is 0.190 e. The molecule has 2 fully saturated rings. The van der Waals surface area contributed by atoms with Crippen molar-refractivity contribution in [1.29, 1.82) is 0 Å². The fourth-order valence-electron chi connectivity index (χ4n) is 2.36. The van der Waals surface area contributed by atoms with Crippen molar-refractivity contribution < 1.29 is 5.11 Å². The monoisotopic (exact) mass is 268 g/mol. The molecule has 18 heavy (non-hydrogen) atoms. The van der Waals surface area contributed by atoms with Gasteiger partial charge >= 0.3 is 0 Å². The van der Waals surface area contributed by atoms with Gasteiger partial charge in [-0.15, -0.1) is 10.2 Å². The van der Waals surface area contributed by atoms with Crippen molar-refractivity contribution in [3.63, 3.8) is 0 Å². The van der Waals surface area contributed by atoms with Crippen LogP contribution in [-0.2, 0) is 7.05 Å². The summed E-state index contributed by atoms with van der Waals surface area (Å²) in [5, 5.41) is 22.4. The second-order valence-electron chi connectivity index (χ2n) is 5.52. The fraction of sp³-hybridized carbons (Fsp3) is 0.833. The van der Waals surface area contributed by atoms with Crippen molar-refractivity contribution in [2.75, 3.05) is 12.4 Å². The first-order valence-corrected chi connectivity index (χ1v) is 7.57. The Balaban J connectivity index is 1.66. The van der Waals surface area contributed by atoms with Crippen LogP contribution in [0.4, 0.5) is 0 Å². The Kier molecular flexibility index (Phi) is 3.34. The van der Waals surface area contributed by atoms with Gasteiger partial charge in [0.15, 0.2) is 5.16 Å². The van der Waals surface area contributed by atoms with E-state index in [2.05, 4.69) is 15.5 Å². The lowest BCUT2D eigenvalue weighted by molar-refractivity contribution is 0.157. The molecule has 3 rings (SSSR count). The minimum absolute atomic E-state index is 0.113. The molecular formula is C12H20N4OS. The first kappa shape index (κ1) is 12.4. The van der Waals surface area contributed by atoms with Gasteiger partial charge in [0, 0.05) is 18.8 Å². The van der Waals surface area contributed by atoms with E-state index in [0.29, 0.717) is 12.0 Å². The summed E-state index contributed by atoms with van der Waals surface area (Å²) < 4.78 is 1.93. The number of thioether (sulfide) groups is 1. The Morgan fingerprint density at radius 1 is 1.50 bits per heavy atom.